The molecule has 0 aromatic rings. The molecule has 0 radical (unpaired) electrons. The Balaban J connectivity index is 2.13. The number of hydrogen-bond donors (Lipinski definition) is 1. The molecule has 5 heteroatoms. The molecule has 0 bridgehead atoms. The maximum Gasteiger partial charge on any atom is 0.325 e. The van der Waals surface area contributed by atoms with E-state index >= 15 is 0 Å². The van der Waals surface area contributed by atoms with E-state index in [2.05, 4.69) is 11.8 Å². The van der Waals surface area contributed by atoms with E-state index in [1.54, 1.807) is 13.8 Å². The average molecular weight is 300 g/mol. The minimum atomic E-state index is -0.849. The fraction of sp³-hybridized carbons (Fsp3) is 0.938. The van der Waals surface area contributed by atoms with Crippen LogP contribution in [0.1, 0.15) is 52.9 Å². The lowest BCUT2D eigenvalue weighted by molar-refractivity contribution is -0.149. The summed E-state index contributed by atoms with van der Waals surface area (Å²) < 4.78 is 10.7. The summed E-state index contributed by atoms with van der Waals surface area (Å²) in [7, 11) is 0. The topological polar surface area (TPSA) is 64.8 Å². The number of rotatable bonds is 9. The minimum Gasteiger partial charge on any atom is -0.465 e. The minimum absolute atomic E-state index is 0.289. The largest absolute Gasteiger partial charge is 0.465 e. The summed E-state index contributed by atoms with van der Waals surface area (Å²) in [4.78, 5) is 14.2. The predicted molar refractivity (Wildman–Crippen MR) is 84.2 cm³/mol. The predicted octanol–water partition coefficient (Wildman–Crippen LogP) is 1.94. The number of likely N-dealkylation sites (tertiary alicyclic amines) is 1. The summed E-state index contributed by atoms with van der Waals surface area (Å²) >= 11 is 0. The molecular weight excluding hydrogens is 268 g/mol. The van der Waals surface area contributed by atoms with Crippen molar-refractivity contribution in [1.29, 1.82) is 0 Å². The van der Waals surface area contributed by atoms with Gasteiger partial charge in [0, 0.05) is 19.7 Å². The summed E-state index contributed by atoms with van der Waals surface area (Å²) in [5.74, 6) is -0.289. The first kappa shape index (κ1) is 18.4. The standard InChI is InChI=1S/C16H32N2O3/c1-4-20-14-8-12-18(13-9-14)11-7-6-10-16(3,17)15(19)21-5-2/h14H,4-13,17H2,1-3H3. The number of hydrogen-bond acceptors (Lipinski definition) is 5. The van der Waals surface area contributed by atoms with Crippen molar-refractivity contribution in [2.75, 3.05) is 32.8 Å². The fourth-order valence-electron chi connectivity index (χ4n) is 2.76. The Morgan fingerprint density at radius 1 is 1.24 bits per heavy atom. The van der Waals surface area contributed by atoms with Gasteiger partial charge in [-0.15, -0.1) is 0 Å². The van der Waals surface area contributed by atoms with Crippen molar-refractivity contribution in [1.82, 2.24) is 4.90 Å². The second-order valence-corrected chi connectivity index (χ2v) is 6.09. The van der Waals surface area contributed by atoms with Crippen molar-refractivity contribution in [3.8, 4) is 0 Å². The van der Waals surface area contributed by atoms with Gasteiger partial charge in [0.1, 0.15) is 5.54 Å². The van der Waals surface area contributed by atoms with E-state index in [9.17, 15) is 4.79 Å². The Labute approximate surface area is 129 Å². The van der Waals surface area contributed by atoms with Crippen LogP contribution in [-0.2, 0) is 14.3 Å². The van der Waals surface area contributed by atoms with Crippen LogP contribution >= 0.6 is 0 Å². The van der Waals surface area contributed by atoms with Gasteiger partial charge < -0.3 is 20.1 Å². The van der Waals surface area contributed by atoms with Crippen LogP contribution in [0.2, 0.25) is 0 Å². The SMILES string of the molecule is CCOC(=O)C(C)(N)CCCCN1CCC(OCC)CC1. The van der Waals surface area contributed by atoms with E-state index in [0.717, 1.165) is 51.9 Å². The van der Waals surface area contributed by atoms with Crippen molar-refractivity contribution in [3.05, 3.63) is 0 Å². The van der Waals surface area contributed by atoms with E-state index in [1.807, 2.05) is 0 Å². The Morgan fingerprint density at radius 3 is 2.48 bits per heavy atom. The van der Waals surface area contributed by atoms with Crippen LogP contribution in [0.4, 0.5) is 0 Å². The second kappa shape index (κ2) is 9.38. The smallest absolute Gasteiger partial charge is 0.325 e. The molecule has 1 fully saturated rings. The summed E-state index contributed by atoms with van der Waals surface area (Å²) in [6.07, 6.45) is 5.42. The van der Waals surface area contributed by atoms with Crippen LogP contribution < -0.4 is 5.73 Å². The monoisotopic (exact) mass is 300 g/mol. The first-order valence-corrected chi connectivity index (χ1v) is 8.29. The molecule has 1 unspecified atom stereocenters. The average Bonchev–Trinajstić information content (AvgIpc) is 2.46. The lowest BCUT2D eigenvalue weighted by Gasteiger charge is -2.32. The van der Waals surface area contributed by atoms with Gasteiger partial charge in [-0.3, -0.25) is 4.79 Å². The highest BCUT2D eigenvalue weighted by atomic mass is 16.5. The highest BCUT2D eigenvalue weighted by Gasteiger charge is 2.29. The molecule has 0 aliphatic carbocycles. The van der Waals surface area contributed by atoms with Gasteiger partial charge in [0.05, 0.1) is 12.7 Å². The molecular formula is C16H32N2O3. The molecule has 124 valence electrons. The van der Waals surface area contributed by atoms with Crippen molar-refractivity contribution in [3.63, 3.8) is 0 Å². The van der Waals surface area contributed by atoms with E-state index < -0.39 is 5.54 Å². The Morgan fingerprint density at radius 2 is 1.90 bits per heavy atom. The molecule has 0 saturated carbocycles. The van der Waals surface area contributed by atoms with Gasteiger partial charge in [-0.05, 0) is 59.4 Å². The van der Waals surface area contributed by atoms with Crippen molar-refractivity contribution in [2.45, 2.75) is 64.5 Å². The third-order valence-electron chi connectivity index (χ3n) is 4.10. The summed E-state index contributed by atoms with van der Waals surface area (Å²) in [6.45, 7) is 10.1. The lowest BCUT2D eigenvalue weighted by atomic mass is 9.96. The Kier molecular flexibility index (Phi) is 8.22. The molecule has 0 amide bonds. The van der Waals surface area contributed by atoms with Gasteiger partial charge in [0.25, 0.3) is 0 Å². The first-order chi connectivity index (χ1) is 9.99. The molecule has 5 nitrogen and oxygen atoms in total. The molecule has 1 heterocycles. The zero-order valence-corrected chi connectivity index (χ0v) is 13.9. The first-order valence-electron chi connectivity index (χ1n) is 8.29. The van der Waals surface area contributed by atoms with Gasteiger partial charge in [0.15, 0.2) is 0 Å². The molecule has 0 aromatic carbocycles. The molecule has 1 rings (SSSR count). The lowest BCUT2D eigenvalue weighted by Crippen LogP contribution is -2.46. The summed E-state index contributed by atoms with van der Waals surface area (Å²) in [5, 5.41) is 0. The van der Waals surface area contributed by atoms with Crippen molar-refractivity contribution < 1.29 is 14.3 Å². The number of unbranched alkanes of at least 4 members (excludes halogenated alkanes) is 1. The molecule has 1 aliphatic heterocycles. The molecule has 1 saturated heterocycles. The highest BCUT2D eigenvalue weighted by Crippen LogP contribution is 2.16. The van der Waals surface area contributed by atoms with Crippen LogP contribution in [0.5, 0.6) is 0 Å². The molecule has 0 spiro atoms. The number of piperidine rings is 1. The van der Waals surface area contributed by atoms with Gasteiger partial charge >= 0.3 is 5.97 Å². The van der Waals surface area contributed by atoms with Crippen molar-refractivity contribution in [2.24, 2.45) is 5.73 Å². The van der Waals surface area contributed by atoms with E-state index in [1.165, 1.54) is 0 Å². The number of carbonyl (C=O) groups excluding carboxylic acids is 1. The normalized spacial score (nSPS) is 20.2. The van der Waals surface area contributed by atoms with Crippen LogP contribution in [0, 0.1) is 0 Å². The molecule has 1 atom stereocenters. The number of carbonyl (C=O) groups is 1. The van der Waals surface area contributed by atoms with Gasteiger partial charge in [0.2, 0.25) is 0 Å². The highest BCUT2D eigenvalue weighted by molar-refractivity contribution is 5.79. The third-order valence-corrected chi connectivity index (χ3v) is 4.10. The number of nitrogens with two attached hydrogens (primary N) is 1. The Hall–Kier alpha value is -0.650. The van der Waals surface area contributed by atoms with Crippen LogP contribution in [0.3, 0.4) is 0 Å². The summed E-state index contributed by atoms with van der Waals surface area (Å²) in [6, 6.07) is 0. The molecule has 2 N–H and O–H groups in total. The van der Waals surface area contributed by atoms with E-state index in [-0.39, 0.29) is 5.97 Å². The van der Waals surface area contributed by atoms with Gasteiger partial charge in [-0.25, -0.2) is 0 Å². The van der Waals surface area contributed by atoms with E-state index in [0.29, 0.717) is 19.1 Å². The number of ether oxygens (including phenoxy) is 2. The molecule has 1 aliphatic rings. The second-order valence-electron chi connectivity index (χ2n) is 6.09. The van der Waals surface area contributed by atoms with Crippen LogP contribution in [-0.4, -0.2) is 55.4 Å². The summed E-state index contributed by atoms with van der Waals surface area (Å²) in [5.41, 5.74) is 5.16. The quantitative estimate of drug-likeness (QED) is 0.521. The van der Waals surface area contributed by atoms with Crippen LogP contribution in [0.25, 0.3) is 0 Å². The van der Waals surface area contributed by atoms with Crippen LogP contribution in [0.15, 0.2) is 0 Å². The number of esters is 1. The zero-order valence-electron chi connectivity index (χ0n) is 13.9. The maximum absolute atomic E-state index is 11.7. The third kappa shape index (κ3) is 6.76. The zero-order chi connectivity index (χ0) is 15.7. The fourth-order valence-corrected chi connectivity index (χ4v) is 2.76. The van der Waals surface area contributed by atoms with Gasteiger partial charge in [-0.2, -0.15) is 0 Å². The van der Waals surface area contributed by atoms with Crippen molar-refractivity contribution >= 4 is 5.97 Å². The molecule has 21 heavy (non-hydrogen) atoms. The van der Waals surface area contributed by atoms with Gasteiger partial charge in [-0.1, -0.05) is 0 Å². The molecule has 0 aromatic heterocycles. The number of nitrogens with zero attached hydrogens (tertiary/aromatic N) is 1. The maximum atomic E-state index is 11.7. The Bertz CT molecular complexity index is 300. The van der Waals surface area contributed by atoms with E-state index in [4.69, 9.17) is 15.2 Å².